The summed E-state index contributed by atoms with van der Waals surface area (Å²) in [5.41, 5.74) is 6.01. The molecule has 1 aromatic carbocycles. The van der Waals surface area contributed by atoms with E-state index in [1.807, 2.05) is 0 Å². The fourth-order valence-electron chi connectivity index (χ4n) is 2.15. The molecule has 0 spiro atoms. The third-order valence-corrected chi connectivity index (χ3v) is 3.30. The van der Waals surface area contributed by atoms with Gasteiger partial charge in [-0.2, -0.15) is 0 Å². The van der Waals surface area contributed by atoms with E-state index in [1.54, 1.807) is 6.07 Å². The van der Waals surface area contributed by atoms with Gasteiger partial charge in [-0.1, -0.05) is 0 Å². The third kappa shape index (κ3) is 3.81. The van der Waals surface area contributed by atoms with Crippen LogP contribution in [-0.4, -0.2) is 43.3 Å². The molecule has 0 aliphatic carbocycles. The van der Waals surface area contributed by atoms with Crippen LogP contribution in [0.3, 0.4) is 0 Å². The van der Waals surface area contributed by atoms with Crippen LogP contribution in [0.25, 0.3) is 0 Å². The van der Waals surface area contributed by atoms with Gasteiger partial charge in [0.25, 0.3) is 0 Å². The number of nitrogen functional groups attached to an aromatic ring is 1. The standard InChI is InChI=1S/C14H21FN2O2/c1-10(2)17-5-6-18-12(8-17)9-19-14-4-3-11(15)7-13(14)16/h3-4,7,10,12H,5-6,8-9,16H2,1-2H3. The molecule has 1 saturated heterocycles. The first-order valence-corrected chi connectivity index (χ1v) is 6.59. The average molecular weight is 268 g/mol. The fourth-order valence-corrected chi connectivity index (χ4v) is 2.15. The first kappa shape index (κ1) is 14.1. The summed E-state index contributed by atoms with van der Waals surface area (Å²) >= 11 is 0. The molecule has 4 nitrogen and oxygen atoms in total. The van der Waals surface area contributed by atoms with Crippen LogP contribution in [0.15, 0.2) is 18.2 Å². The van der Waals surface area contributed by atoms with Crippen molar-refractivity contribution < 1.29 is 13.9 Å². The summed E-state index contributed by atoms with van der Waals surface area (Å²) in [6, 6.07) is 4.65. The van der Waals surface area contributed by atoms with Gasteiger partial charge in [-0.3, -0.25) is 4.90 Å². The van der Waals surface area contributed by atoms with E-state index in [2.05, 4.69) is 18.7 Å². The van der Waals surface area contributed by atoms with Gasteiger partial charge in [0.2, 0.25) is 0 Å². The van der Waals surface area contributed by atoms with Crippen LogP contribution in [0, 0.1) is 5.82 Å². The Hall–Kier alpha value is -1.33. The number of nitrogens with two attached hydrogens (primary N) is 1. The number of hydrogen-bond acceptors (Lipinski definition) is 4. The Kier molecular flexibility index (Phi) is 4.61. The molecule has 2 rings (SSSR count). The van der Waals surface area contributed by atoms with Crippen molar-refractivity contribution in [1.82, 2.24) is 4.90 Å². The average Bonchev–Trinajstić information content (AvgIpc) is 2.38. The van der Waals surface area contributed by atoms with E-state index in [1.165, 1.54) is 12.1 Å². The van der Waals surface area contributed by atoms with E-state index in [0.717, 1.165) is 13.1 Å². The second kappa shape index (κ2) is 6.21. The van der Waals surface area contributed by atoms with E-state index < -0.39 is 0 Å². The molecule has 0 aromatic heterocycles. The lowest BCUT2D eigenvalue weighted by atomic mass is 10.2. The highest BCUT2D eigenvalue weighted by atomic mass is 19.1. The zero-order valence-corrected chi connectivity index (χ0v) is 11.4. The zero-order chi connectivity index (χ0) is 13.8. The number of benzene rings is 1. The van der Waals surface area contributed by atoms with Crippen LogP contribution in [-0.2, 0) is 4.74 Å². The number of nitrogens with zero attached hydrogens (tertiary/aromatic N) is 1. The second-order valence-electron chi connectivity index (χ2n) is 5.07. The van der Waals surface area contributed by atoms with Crippen LogP contribution in [0.2, 0.25) is 0 Å². The van der Waals surface area contributed by atoms with Gasteiger partial charge >= 0.3 is 0 Å². The van der Waals surface area contributed by atoms with E-state index in [-0.39, 0.29) is 11.9 Å². The Morgan fingerprint density at radius 2 is 2.32 bits per heavy atom. The van der Waals surface area contributed by atoms with Crippen molar-refractivity contribution in [3.05, 3.63) is 24.0 Å². The Morgan fingerprint density at radius 3 is 3.00 bits per heavy atom. The minimum absolute atomic E-state index is 0.0283. The Morgan fingerprint density at radius 1 is 1.53 bits per heavy atom. The molecular weight excluding hydrogens is 247 g/mol. The number of hydrogen-bond donors (Lipinski definition) is 1. The smallest absolute Gasteiger partial charge is 0.142 e. The highest BCUT2D eigenvalue weighted by Crippen LogP contribution is 2.22. The molecule has 2 N–H and O–H groups in total. The van der Waals surface area contributed by atoms with Gasteiger partial charge in [0, 0.05) is 25.2 Å². The molecule has 1 fully saturated rings. The molecule has 5 heteroatoms. The number of anilines is 1. The molecular formula is C14H21FN2O2. The summed E-state index contributed by atoms with van der Waals surface area (Å²) < 4.78 is 24.2. The summed E-state index contributed by atoms with van der Waals surface area (Å²) in [5.74, 6) is 0.149. The molecule has 1 unspecified atom stereocenters. The summed E-state index contributed by atoms with van der Waals surface area (Å²) in [4.78, 5) is 2.35. The molecule has 0 amide bonds. The maximum Gasteiger partial charge on any atom is 0.142 e. The fraction of sp³-hybridized carbons (Fsp3) is 0.571. The van der Waals surface area contributed by atoms with Crippen molar-refractivity contribution in [1.29, 1.82) is 0 Å². The SMILES string of the molecule is CC(C)N1CCOC(COc2ccc(F)cc2N)C1. The Labute approximate surface area is 113 Å². The number of halogens is 1. The van der Waals surface area contributed by atoms with Gasteiger partial charge in [-0.25, -0.2) is 4.39 Å². The lowest BCUT2D eigenvalue weighted by Crippen LogP contribution is -2.47. The highest BCUT2D eigenvalue weighted by molar-refractivity contribution is 5.52. The molecule has 0 bridgehead atoms. The molecule has 1 heterocycles. The summed E-state index contributed by atoms with van der Waals surface area (Å²) in [6.45, 7) is 7.28. The molecule has 0 saturated carbocycles. The molecule has 19 heavy (non-hydrogen) atoms. The number of ether oxygens (including phenoxy) is 2. The van der Waals surface area contributed by atoms with Crippen molar-refractivity contribution in [3.8, 4) is 5.75 Å². The first-order valence-electron chi connectivity index (χ1n) is 6.59. The van der Waals surface area contributed by atoms with Gasteiger partial charge in [-0.15, -0.1) is 0 Å². The molecule has 1 aliphatic rings. The molecule has 106 valence electrons. The van der Waals surface area contributed by atoms with Crippen molar-refractivity contribution in [3.63, 3.8) is 0 Å². The molecule has 1 aliphatic heterocycles. The van der Waals surface area contributed by atoms with Gasteiger partial charge in [0.15, 0.2) is 0 Å². The minimum atomic E-state index is -0.357. The van der Waals surface area contributed by atoms with Crippen molar-refractivity contribution >= 4 is 5.69 Å². The molecule has 0 radical (unpaired) electrons. The monoisotopic (exact) mass is 268 g/mol. The Bertz CT molecular complexity index is 426. The van der Waals surface area contributed by atoms with Crippen molar-refractivity contribution in [2.45, 2.75) is 26.0 Å². The van der Waals surface area contributed by atoms with Crippen LogP contribution in [0.4, 0.5) is 10.1 Å². The van der Waals surface area contributed by atoms with Crippen LogP contribution in [0.5, 0.6) is 5.75 Å². The topological polar surface area (TPSA) is 47.7 Å². The quantitative estimate of drug-likeness (QED) is 0.847. The van der Waals surface area contributed by atoms with Gasteiger partial charge in [-0.05, 0) is 26.0 Å². The lowest BCUT2D eigenvalue weighted by Gasteiger charge is -2.35. The predicted octanol–water partition coefficient (Wildman–Crippen LogP) is 1.90. The van der Waals surface area contributed by atoms with Gasteiger partial charge in [0.1, 0.15) is 24.3 Å². The number of morpholine rings is 1. The largest absolute Gasteiger partial charge is 0.489 e. The van der Waals surface area contributed by atoms with Gasteiger partial charge in [0.05, 0.1) is 12.3 Å². The predicted molar refractivity (Wildman–Crippen MR) is 72.8 cm³/mol. The second-order valence-corrected chi connectivity index (χ2v) is 5.07. The van der Waals surface area contributed by atoms with Crippen LogP contribution in [0.1, 0.15) is 13.8 Å². The van der Waals surface area contributed by atoms with E-state index in [9.17, 15) is 4.39 Å². The maximum absolute atomic E-state index is 12.9. The third-order valence-electron chi connectivity index (χ3n) is 3.30. The first-order chi connectivity index (χ1) is 9.06. The summed E-state index contributed by atoms with van der Waals surface area (Å²) in [6.07, 6.45) is 0.0283. The van der Waals surface area contributed by atoms with Crippen molar-refractivity contribution in [2.75, 3.05) is 32.0 Å². The summed E-state index contributed by atoms with van der Waals surface area (Å²) in [5, 5.41) is 0. The van der Waals surface area contributed by atoms with Gasteiger partial charge < -0.3 is 15.2 Å². The minimum Gasteiger partial charge on any atom is -0.489 e. The van der Waals surface area contributed by atoms with Crippen molar-refractivity contribution in [2.24, 2.45) is 0 Å². The van der Waals surface area contributed by atoms with E-state index >= 15 is 0 Å². The highest BCUT2D eigenvalue weighted by Gasteiger charge is 2.22. The van der Waals surface area contributed by atoms with Crippen LogP contribution >= 0.6 is 0 Å². The normalized spacial score (nSPS) is 20.7. The van der Waals surface area contributed by atoms with Crippen LogP contribution < -0.4 is 10.5 Å². The molecule has 1 atom stereocenters. The molecule has 1 aromatic rings. The summed E-state index contributed by atoms with van der Waals surface area (Å²) in [7, 11) is 0. The van der Waals surface area contributed by atoms with E-state index in [0.29, 0.717) is 30.7 Å². The van der Waals surface area contributed by atoms with E-state index in [4.69, 9.17) is 15.2 Å². The number of rotatable bonds is 4. The maximum atomic E-state index is 12.9. The zero-order valence-electron chi connectivity index (χ0n) is 11.4. The lowest BCUT2D eigenvalue weighted by molar-refractivity contribution is -0.0563. The Balaban J connectivity index is 1.88.